The van der Waals surface area contributed by atoms with Gasteiger partial charge in [0.2, 0.25) is 0 Å². The Morgan fingerprint density at radius 2 is 2.31 bits per heavy atom. The van der Waals surface area contributed by atoms with Crippen LogP contribution in [0, 0.1) is 4.84 Å². The molecule has 13 heavy (non-hydrogen) atoms. The van der Waals surface area contributed by atoms with E-state index in [4.69, 9.17) is 21.4 Å². The summed E-state index contributed by atoms with van der Waals surface area (Å²) in [5.74, 6) is 0.756. The summed E-state index contributed by atoms with van der Waals surface area (Å²) in [7, 11) is 1.61. The Labute approximate surface area is 87.8 Å². The molecule has 0 atom stereocenters. The third-order valence-electron chi connectivity index (χ3n) is 1.68. The van der Waals surface area contributed by atoms with Gasteiger partial charge in [0.15, 0.2) is 5.58 Å². The number of benzene rings is 1. The first-order chi connectivity index (χ1) is 6.20. The molecule has 0 fully saturated rings. The number of methoxy groups -OCH3 is 1. The van der Waals surface area contributed by atoms with Crippen molar-refractivity contribution in [3.05, 3.63) is 21.4 Å². The molecule has 0 bridgehead atoms. The molecule has 0 aliphatic carbocycles. The minimum Gasteiger partial charge on any atom is -0.497 e. The first-order valence-electron chi connectivity index (χ1n) is 3.57. The van der Waals surface area contributed by atoms with Gasteiger partial charge in [0.25, 0.3) is 4.84 Å². The minimum atomic E-state index is 0.365. The highest BCUT2D eigenvalue weighted by Gasteiger charge is 2.06. The van der Waals surface area contributed by atoms with Gasteiger partial charge in [-0.05, 0) is 34.2 Å². The molecule has 1 aromatic heterocycles. The first kappa shape index (κ1) is 8.77. The molecule has 0 amide bonds. The van der Waals surface area contributed by atoms with Crippen LogP contribution in [0.15, 0.2) is 21.0 Å². The first-order valence-corrected chi connectivity index (χ1v) is 4.77. The number of H-pyrrole nitrogens is 1. The number of hydrogen-bond donors (Lipinski definition) is 1. The van der Waals surface area contributed by atoms with Crippen molar-refractivity contribution in [1.29, 1.82) is 0 Å². The van der Waals surface area contributed by atoms with E-state index in [9.17, 15) is 0 Å². The summed E-state index contributed by atoms with van der Waals surface area (Å²) in [6.07, 6.45) is 0. The number of hydrogen-bond acceptors (Lipinski definition) is 3. The number of aromatic nitrogens is 1. The molecule has 1 heterocycles. The van der Waals surface area contributed by atoms with E-state index >= 15 is 0 Å². The van der Waals surface area contributed by atoms with Gasteiger partial charge in [0, 0.05) is 6.07 Å². The number of oxazole rings is 1. The average Bonchev–Trinajstić information content (AvgIpc) is 2.46. The second-order valence-corrected chi connectivity index (χ2v) is 3.73. The van der Waals surface area contributed by atoms with Crippen molar-refractivity contribution in [3.8, 4) is 5.75 Å². The highest BCUT2D eigenvalue weighted by Crippen LogP contribution is 2.28. The zero-order valence-electron chi connectivity index (χ0n) is 6.76. The maximum atomic E-state index is 5.25. The second kappa shape index (κ2) is 3.16. The van der Waals surface area contributed by atoms with Gasteiger partial charge in [0.1, 0.15) is 5.75 Å². The van der Waals surface area contributed by atoms with Crippen LogP contribution in [-0.4, -0.2) is 12.1 Å². The van der Waals surface area contributed by atoms with Crippen molar-refractivity contribution in [2.24, 2.45) is 0 Å². The van der Waals surface area contributed by atoms with Crippen LogP contribution in [0.3, 0.4) is 0 Å². The standard InChI is InChI=1S/C8H6BrNO2S/c1-11-4-2-5(9)7-6(3-4)10-8(13)12-7/h2-3H,1H3,(H,10,13). The van der Waals surface area contributed by atoms with Crippen LogP contribution in [-0.2, 0) is 0 Å². The molecule has 0 spiro atoms. The Balaban J connectivity index is 2.83. The van der Waals surface area contributed by atoms with Crippen molar-refractivity contribution in [2.45, 2.75) is 0 Å². The van der Waals surface area contributed by atoms with Crippen molar-refractivity contribution in [2.75, 3.05) is 7.11 Å². The van der Waals surface area contributed by atoms with Crippen molar-refractivity contribution in [3.63, 3.8) is 0 Å². The highest BCUT2D eigenvalue weighted by atomic mass is 79.9. The van der Waals surface area contributed by atoms with Crippen LogP contribution >= 0.6 is 28.1 Å². The van der Waals surface area contributed by atoms with Gasteiger partial charge < -0.3 is 14.1 Å². The Morgan fingerprint density at radius 1 is 1.54 bits per heavy atom. The molecular formula is C8H6BrNO2S. The van der Waals surface area contributed by atoms with Crippen molar-refractivity contribution in [1.82, 2.24) is 4.98 Å². The average molecular weight is 260 g/mol. The zero-order chi connectivity index (χ0) is 9.42. The van der Waals surface area contributed by atoms with Crippen LogP contribution < -0.4 is 4.74 Å². The molecule has 0 radical (unpaired) electrons. The van der Waals surface area contributed by atoms with Gasteiger partial charge >= 0.3 is 0 Å². The topological polar surface area (TPSA) is 38.2 Å². The second-order valence-electron chi connectivity index (χ2n) is 2.50. The largest absolute Gasteiger partial charge is 0.497 e. The maximum absolute atomic E-state index is 5.25. The summed E-state index contributed by atoms with van der Waals surface area (Å²) in [6.45, 7) is 0. The van der Waals surface area contributed by atoms with E-state index in [1.165, 1.54) is 0 Å². The molecule has 2 aromatic rings. The van der Waals surface area contributed by atoms with E-state index in [-0.39, 0.29) is 0 Å². The lowest BCUT2D eigenvalue weighted by Crippen LogP contribution is -1.82. The van der Waals surface area contributed by atoms with E-state index in [1.807, 2.05) is 12.1 Å². The molecule has 0 aliphatic heterocycles. The Bertz CT molecular complexity index is 502. The quantitative estimate of drug-likeness (QED) is 0.800. The normalized spacial score (nSPS) is 10.6. The fraction of sp³-hybridized carbons (Fsp3) is 0.125. The van der Waals surface area contributed by atoms with E-state index in [1.54, 1.807) is 7.11 Å². The van der Waals surface area contributed by atoms with Gasteiger partial charge in [-0.3, -0.25) is 0 Å². The summed E-state index contributed by atoms with van der Waals surface area (Å²) in [6, 6.07) is 3.66. The molecule has 0 saturated heterocycles. The highest BCUT2D eigenvalue weighted by molar-refractivity contribution is 9.10. The molecule has 68 valence electrons. The van der Waals surface area contributed by atoms with E-state index in [2.05, 4.69) is 20.9 Å². The van der Waals surface area contributed by atoms with E-state index < -0.39 is 0 Å². The zero-order valence-corrected chi connectivity index (χ0v) is 9.16. The Kier molecular flexibility index (Phi) is 2.13. The van der Waals surface area contributed by atoms with Crippen molar-refractivity contribution >= 4 is 39.2 Å². The number of nitrogens with one attached hydrogen (secondary N) is 1. The van der Waals surface area contributed by atoms with Gasteiger partial charge in [-0.2, -0.15) is 0 Å². The maximum Gasteiger partial charge on any atom is 0.266 e. The van der Waals surface area contributed by atoms with Gasteiger partial charge in [0.05, 0.1) is 17.1 Å². The molecule has 1 N–H and O–H groups in total. The molecular weight excluding hydrogens is 254 g/mol. The van der Waals surface area contributed by atoms with Crippen molar-refractivity contribution < 1.29 is 9.15 Å². The molecule has 1 aromatic carbocycles. The fourth-order valence-corrected chi connectivity index (χ4v) is 1.82. The van der Waals surface area contributed by atoms with Crippen LogP contribution in [0.1, 0.15) is 0 Å². The minimum absolute atomic E-state index is 0.365. The summed E-state index contributed by atoms with van der Waals surface area (Å²) in [5, 5.41) is 0. The van der Waals surface area contributed by atoms with Gasteiger partial charge in [-0.1, -0.05) is 0 Å². The third-order valence-corrected chi connectivity index (χ3v) is 2.46. The predicted molar refractivity (Wildman–Crippen MR) is 55.7 cm³/mol. The molecule has 0 saturated carbocycles. The van der Waals surface area contributed by atoms with Crippen LogP contribution in [0.2, 0.25) is 0 Å². The monoisotopic (exact) mass is 259 g/mol. The van der Waals surface area contributed by atoms with Gasteiger partial charge in [-0.15, -0.1) is 0 Å². The molecule has 0 aliphatic rings. The lowest BCUT2D eigenvalue weighted by Gasteiger charge is -1.99. The number of halogens is 1. The molecule has 3 nitrogen and oxygen atoms in total. The van der Waals surface area contributed by atoms with Gasteiger partial charge in [-0.25, -0.2) is 0 Å². The Hall–Kier alpha value is -0.810. The van der Waals surface area contributed by atoms with Crippen LogP contribution in [0.4, 0.5) is 0 Å². The van der Waals surface area contributed by atoms with Crippen LogP contribution in [0.5, 0.6) is 5.75 Å². The lowest BCUT2D eigenvalue weighted by atomic mass is 10.3. The number of fused-ring (bicyclic) bond motifs is 1. The number of aromatic amines is 1. The molecule has 2 rings (SSSR count). The number of ether oxygens (including phenoxy) is 1. The number of rotatable bonds is 1. The van der Waals surface area contributed by atoms with E-state index in [0.29, 0.717) is 10.4 Å². The van der Waals surface area contributed by atoms with Crippen LogP contribution in [0.25, 0.3) is 11.1 Å². The molecule has 5 heteroatoms. The SMILES string of the molecule is COc1cc(Br)c2oc(=S)[nH]c2c1. The smallest absolute Gasteiger partial charge is 0.266 e. The lowest BCUT2D eigenvalue weighted by molar-refractivity contribution is 0.415. The summed E-state index contributed by atoms with van der Waals surface area (Å²) in [5.41, 5.74) is 1.54. The van der Waals surface area contributed by atoms with E-state index in [0.717, 1.165) is 15.7 Å². The fourth-order valence-electron chi connectivity index (χ4n) is 1.11. The molecule has 0 unspecified atom stereocenters. The summed E-state index contributed by atoms with van der Waals surface area (Å²) < 4.78 is 11.2. The predicted octanol–water partition coefficient (Wildman–Crippen LogP) is 3.26. The Morgan fingerprint density at radius 3 is 3.00 bits per heavy atom. The summed E-state index contributed by atoms with van der Waals surface area (Å²) in [4.78, 5) is 3.28. The third kappa shape index (κ3) is 1.49. The summed E-state index contributed by atoms with van der Waals surface area (Å²) >= 11 is 8.23.